The van der Waals surface area contributed by atoms with E-state index in [0.29, 0.717) is 6.04 Å². The Morgan fingerprint density at radius 3 is 2.94 bits per heavy atom. The minimum Gasteiger partial charge on any atom is -0.310 e. The third-order valence-electron chi connectivity index (χ3n) is 5.01. The maximum absolute atomic E-state index is 3.76. The molecule has 0 radical (unpaired) electrons. The second-order valence-corrected chi connectivity index (χ2v) is 7.01. The fourth-order valence-corrected chi connectivity index (χ4v) is 4.81. The molecule has 0 amide bonds. The summed E-state index contributed by atoms with van der Waals surface area (Å²) >= 11 is 1.83. The number of rotatable bonds is 6. The molecule has 100 valence electrons. The lowest BCUT2D eigenvalue weighted by atomic mass is 9.83. The molecule has 0 aliphatic heterocycles. The molecule has 3 rings (SSSR count). The lowest BCUT2D eigenvalue weighted by Crippen LogP contribution is -2.26. The second kappa shape index (κ2) is 5.75. The van der Waals surface area contributed by atoms with Gasteiger partial charge in [0.15, 0.2) is 0 Å². The third-order valence-corrected chi connectivity index (χ3v) is 5.71. The maximum atomic E-state index is 3.76. The quantitative estimate of drug-likeness (QED) is 0.790. The topological polar surface area (TPSA) is 12.0 Å². The molecule has 2 aliphatic carbocycles. The highest BCUT2D eigenvalue weighted by Gasteiger charge is 2.40. The summed E-state index contributed by atoms with van der Waals surface area (Å²) in [6.45, 7) is 3.41. The minimum atomic E-state index is 0.612. The van der Waals surface area contributed by atoms with E-state index < -0.39 is 0 Å². The van der Waals surface area contributed by atoms with Crippen molar-refractivity contribution in [3.8, 4) is 0 Å². The Balaban J connectivity index is 1.62. The van der Waals surface area contributed by atoms with E-state index in [1.165, 1.54) is 44.1 Å². The zero-order valence-electron chi connectivity index (χ0n) is 11.4. The summed E-state index contributed by atoms with van der Waals surface area (Å²) in [5.41, 5.74) is 1.52. The first-order valence-electron chi connectivity index (χ1n) is 7.62. The van der Waals surface area contributed by atoms with Crippen LogP contribution >= 0.6 is 11.3 Å². The Bertz CT molecular complexity index is 359. The normalized spacial score (nSPS) is 31.9. The standard InChI is InChI=1S/C16H25NS/c1-2-6-17-16(14-5-7-18-11-14)10-15-9-12-3-4-13(15)8-12/h5,7,11-13,15-17H,2-4,6,8-10H2,1H3. The summed E-state index contributed by atoms with van der Waals surface area (Å²) in [5, 5.41) is 8.32. The summed E-state index contributed by atoms with van der Waals surface area (Å²) < 4.78 is 0. The average Bonchev–Trinajstić information content (AvgIpc) is 3.09. The van der Waals surface area contributed by atoms with E-state index in [2.05, 4.69) is 29.1 Å². The molecule has 1 nitrogen and oxygen atoms in total. The van der Waals surface area contributed by atoms with Crippen LogP contribution < -0.4 is 5.32 Å². The van der Waals surface area contributed by atoms with E-state index in [1.54, 1.807) is 0 Å². The monoisotopic (exact) mass is 263 g/mol. The molecule has 18 heavy (non-hydrogen) atoms. The highest BCUT2D eigenvalue weighted by Crippen LogP contribution is 2.50. The van der Waals surface area contributed by atoms with E-state index in [9.17, 15) is 0 Å². The van der Waals surface area contributed by atoms with Crippen LogP contribution in [0.2, 0.25) is 0 Å². The third kappa shape index (κ3) is 2.65. The Morgan fingerprint density at radius 1 is 1.39 bits per heavy atom. The molecular weight excluding hydrogens is 238 g/mol. The molecule has 4 unspecified atom stereocenters. The molecule has 1 aromatic rings. The van der Waals surface area contributed by atoms with Crippen molar-refractivity contribution in [3.63, 3.8) is 0 Å². The summed E-state index contributed by atoms with van der Waals surface area (Å²) in [5.74, 6) is 3.13. The van der Waals surface area contributed by atoms with E-state index in [1.807, 2.05) is 11.3 Å². The smallest absolute Gasteiger partial charge is 0.0331 e. The summed E-state index contributed by atoms with van der Waals surface area (Å²) in [4.78, 5) is 0. The lowest BCUT2D eigenvalue weighted by molar-refractivity contribution is 0.279. The largest absolute Gasteiger partial charge is 0.310 e. The van der Waals surface area contributed by atoms with Crippen LogP contribution in [0.1, 0.15) is 57.1 Å². The van der Waals surface area contributed by atoms with Crippen molar-refractivity contribution in [2.75, 3.05) is 6.54 Å². The number of hydrogen-bond acceptors (Lipinski definition) is 2. The fraction of sp³-hybridized carbons (Fsp3) is 0.750. The van der Waals surface area contributed by atoms with Crippen molar-refractivity contribution in [1.82, 2.24) is 5.32 Å². The van der Waals surface area contributed by atoms with Gasteiger partial charge in [0.1, 0.15) is 0 Å². The molecule has 1 aromatic heterocycles. The van der Waals surface area contributed by atoms with Crippen LogP contribution in [0.4, 0.5) is 0 Å². The van der Waals surface area contributed by atoms with Gasteiger partial charge in [0.25, 0.3) is 0 Å². The van der Waals surface area contributed by atoms with Crippen molar-refractivity contribution in [1.29, 1.82) is 0 Å². The summed E-state index contributed by atoms with van der Waals surface area (Å²) in [7, 11) is 0. The molecule has 2 aliphatic rings. The zero-order chi connectivity index (χ0) is 12.4. The van der Waals surface area contributed by atoms with Gasteiger partial charge in [-0.25, -0.2) is 0 Å². The number of hydrogen-bond donors (Lipinski definition) is 1. The van der Waals surface area contributed by atoms with Crippen LogP contribution in [-0.4, -0.2) is 6.54 Å². The molecule has 2 bridgehead atoms. The Hall–Kier alpha value is -0.340. The Morgan fingerprint density at radius 2 is 2.33 bits per heavy atom. The predicted octanol–water partition coefficient (Wildman–Crippen LogP) is 4.62. The molecule has 0 saturated heterocycles. The van der Waals surface area contributed by atoms with Gasteiger partial charge in [-0.1, -0.05) is 13.3 Å². The van der Waals surface area contributed by atoms with Gasteiger partial charge in [-0.05, 0) is 78.8 Å². The Labute approximate surface area is 115 Å². The van der Waals surface area contributed by atoms with Crippen LogP contribution in [0, 0.1) is 17.8 Å². The molecule has 2 fully saturated rings. The van der Waals surface area contributed by atoms with Gasteiger partial charge in [0.2, 0.25) is 0 Å². The van der Waals surface area contributed by atoms with Crippen molar-refractivity contribution in [2.45, 2.75) is 51.5 Å². The van der Waals surface area contributed by atoms with Crippen LogP contribution in [0.5, 0.6) is 0 Å². The highest BCUT2D eigenvalue weighted by molar-refractivity contribution is 7.07. The van der Waals surface area contributed by atoms with Crippen molar-refractivity contribution < 1.29 is 0 Å². The Kier molecular flexibility index (Phi) is 4.05. The highest BCUT2D eigenvalue weighted by atomic mass is 32.1. The minimum absolute atomic E-state index is 0.612. The van der Waals surface area contributed by atoms with Crippen LogP contribution in [0.15, 0.2) is 16.8 Å². The molecule has 0 aromatic carbocycles. The summed E-state index contributed by atoms with van der Waals surface area (Å²) in [6, 6.07) is 2.92. The number of nitrogens with one attached hydrogen (secondary N) is 1. The van der Waals surface area contributed by atoms with Gasteiger partial charge in [0.05, 0.1) is 0 Å². The van der Waals surface area contributed by atoms with Crippen molar-refractivity contribution >= 4 is 11.3 Å². The first-order chi connectivity index (χ1) is 8.86. The van der Waals surface area contributed by atoms with Gasteiger partial charge in [-0.15, -0.1) is 0 Å². The van der Waals surface area contributed by atoms with Gasteiger partial charge < -0.3 is 5.32 Å². The maximum Gasteiger partial charge on any atom is 0.0331 e. The molecule has 2 saturated carbocycles. The molecule has 1 N–H and O–H groups in total. The van der Waals surface area contributed by atoms with Gasteiger partial charge in [0, 0.05) is 6.04 Å². The number of fused-ring (bicyclic) bond motifs is 2. The van der Waals surface area contributed by atoms with E-state index >= 15 is 0 Å². The first-order valence-corrected chi connectivity index (χ1v) is 8.56. The van der Waals surface area contributed by atoms with Gasteiger partial charge >= 0.3 is 0 Å². The average molecular weight is 263 g/mol. The lowest BCUT2D eigenvalue weighted by Gasteiger charge is -2.27. The van der Waals surface area contributed by atoms with Gasteiger partial charge in [-0.2, -0.15) is 11.3 Å². The van der Waals surface area contributed by atoms with E-state index in [0.717, 1.165) is 24.3 Å². The predicted molar refractivity (Wildman–Crippen MR) is 78.9 cm³/mol. The first kappa shape index (κ1) is 12.7. The van der Waals surface area contributed by atoms with Crippen LogP contribution in [0.25, 0.3) is 0 Å². The van der Waals surface area contributed by atoms with Gasteiger partial charge in [-0.3, -0.25) is 0 Å². The summed E-state index contributed by atoms with van der Waals surface area (Å²) in [6.07, 6.45) is 8.69. The molecule has 2 heteroatoms. The molecule has 1 heterocycles. The van der Waals surface area contributed by atoms with E-state index in [-0.39, 0.29) is 0 Å². The molecular formula is C16H25NS. The van der Waals surface area contributed by atoms with Crippen molar-refractivity contribution in [2.24, 2.45) is 17.8 Å². The van der Waals surface area contributed by atoms with Crippen molar-refractivity contribution in [3.05, 3.63) is 22.4 Å². The second-order valence-electron chi connectivity index (χ2n) is 6.23. The van der Waals surface area contributed by atoms with Crippen LogP contribution in [-0.2, 0) is 0 Å². The fourth-order valence-electron chi connectivity index (χ4n) is 4.10. The van der Waals surface area contributed by atoms with E-state index in [4.69, 9.17) is 0 Å². The SMILES string of the molecule is CCCNC(CC1CC2CCC1C2)c1ccsc1. The number of thiophene rings is 1. The zero-order valence-corrected chi connectivity index (χ0v) is 12.2. The molecule has 0 spiro atoms. The molecule has 4 atom stereocenters. The van der Waals surface area contributed by atoms with Crippen LogP contribution in [0.3, 0.4) is 0 Å².